The first kappa shape index (κ1) is 23.9. The lowest BCUT2D eigenvalue weighted by molar-refractivity contribution is -0.118. The predicted molar refractivity (Wildman–Crippen MR) is 132 cm³/mol. The van der Waals surface area contributed by atoms with Crippen molar-refractivity contribution in [1.82, 2.24) is 9.55 Å². The van der Waals surface area contributed by atoms with Crippen molar-refractivity contribution in [1.29, 1.82) is 0 Å². The Hall–Kier alpha value is -3.29. The van der Waals surface area contributed by atoms with Gasteiger partial charge in [0.2, 0.25) is 5.91 Å². The molecule has 4 aromatic rings. The monoisotopic (exact) mass is 501 g/mol. The molecule has 1 unspecified atom stereocenters. The van der Waals surface area contributed by atoms with E-state index >= 15 is 0 Å². The van der Waals surface area contributed by atoms with Gasteiger partial charge >= 0.3 is 0 Å². The molecule has 1 amide bonds. The molecule has 0 aliphatic carbocycles. The number of carbonyl (C=O) groups is 1. The van der Waals surface area contributed by atoms with Crippen LogP contribution >= 0.6 is 23.2 Å². The van der Waals surface area contributed by atoms with Gasteiger partial charge in [0, 0.05) is 18.2 Å². The summed E-state index contributed by atoms with van der Waals surface area (Å²) >= 11 is 12.5. The number of amides is 1. The van der Waals surface area contributed by atoms with Gasteiger partial charge in [0.25, 0.3) is 0 Å². The lowest BCUT2D eigenvalue weighted by Gasteiger charge is -2.18. The van der Waals surface area contributed by atoms with Crippen molar-refractivity contribution < 1.29 is 18.7 Å². The second-order valence-corrected chi connectivity index (χ2v) is 8.47. The van der Waals surface area contributed by atoms with Crippen LogP contribution in [0.1, 0.15) is 24.4 Å². The first-order chi connectivity index (χ1) is 16.3. The zero-order valence-corrected chi connectivity index (χ0v) is 20.2. The summed E-state index contributed by atoms with van der Waals surface area (Å²) < 4.78 is 26.7. The molecule has 0 fully saturated rings. The van der Waals surface area contributed by atoms with Gasteiger partial charge in [-0.05, 0) is 42.8 Å². The van der Waals surface area contributed by atoms with Crippen LogP contribution in [0.4, 0.5) is 10.1 Å². The van der Waals surface area contributed by atoms with Crippen molar-refractivity contribution >= 4 is 45.8 Å². The molecule has 1 atom stereocenters. The fourth-order valence-corrected chi connectivity index (χ4v) is 4.10. The molecule has 1 N–H and O–H groups in total. The van der Waals surface area contributed by atoms with Gasteiger partial charge in [0.15, 0.2) is 11.5 Å². The van der Waals surface area contributed by atoms with Crippen molar-refractivity contribution in [2.24, 2.45) is 0 Å². The highest BCUT2D eigenvalue weighted by atomic mass is 35.5. The Bertz CT molecular complexity index is 1370. The van der Waals surface area contributed by atoms with Crippen molar-refractivity contribution in [3.63, 3.8) is 0 Å². The van der Waals surface area contributed by atoms with Gasteiger partial charge in [-0.3, -0.25) is 4.79 Å². The third kappa shape index (κ3) is 4.67. The summed E-state index contributed by atoms with van der Waals surface area (Å²) in [7, 11) is 3.06. The van der Waals surface area contributed by atoms with Crippen LogP contribution in [0, 0.1) is 5.82 Å². The minimum absolute atomic E-state index is 0.185. The van der Waals surface area contributed by atoms with E-state index in [9.17, 15) is 9.18 Å². The molecule has 0 aliphatic heterocycles. The summed E-state index contributed by atoms with van der Waals surface area (Å²) in [5.74, 6) is 0.899. The quantitative estimate of drug-likeness (QED) is 0.323. The van der Waals surface area contributed by atoms with Gasteiger partial charge in [0.05, 0.1) is 35.3 Å². The number of carbonyl (C=O) groups excluding carboxylic acids is 1. The number of hydrogen-bond donors (Lipinski definition) is 1. The maximum atomic E-state index is 14.4. The Labute approximate surface area is 206 Å². The average molecular weight is 502 g/mol. The molecule has 3 aromatic carbocycles. The normalized spacial score (nSPS) is 11.9. The molecule has 0 spiro atoms. The number of rotatable bonds is 7. The number of imidazole rings is 1. The van der Waals surface area contributed by atoms with Crippen LogP contribution < -0.4 is 14.8 Å². The van der Waals surface area contributed by atoms with E-state index in [-0.39, 0.29) is 18.1 Å². The SMILES string of the molecule is COc1ccc(NC(=O)C(C)n2c(Cc3ccccc3F)nc3cc(Cl)c(Cl)cc32)cc1OC. The summed E-state index contributed by atoms with van der Waals surface area (Å²) in [5, 5.41) is 3.57. The lowest BCUT2D eigenvalue weighted by atomic mass is 10.1. The molecule has 1 heterocycles. The topological polar surface area (TPSA) is 65.4 Å². The number of aromatic nitrogens is 2. The Morgan fingerprint density at radius 2 is 1.76 bits per heavy atom. The smallest absolute Gasteiger partial charge is 0.247 e. The van der Waals surface area contributed by atoms with E-state index in [0.29, 0.717) is 49.7 Å². The van der Waals surface area contributed by atoms with Gasteiger partial charge in [0.1, 0.15) is 17.7 Å². The number of methoxy groups -OCH3 is 2. The van der Waals surface area contributed by atoms with E-state index in [1.165, 1.54) is 20.3 Å². The molecule has 0 saturated heterocycles. The summed E-state index contributed by atoms with van der Waals surface area (Å²) in [6.07, 6.45) is 0.185. The molecule has 34 heavy (non-hydrogen) atoms. The minimum atomic E-state index is -0.697. The number of nitrogens with one attached hydrogen (secondary N) is 1. The Morgan fingerprint density at radius 3 is 2.47 bits per heavy atom. The minimum Gasteiger partial charge on any atom is -0.493 e. The van der Waals surface area contributed by atoms with Gasteiger partial charge in [-0.25, -0.2) is 9.37 Å². The fraction of sp³-hybridized carbons (Fsp3) is 0.200. The maximum Gasteiger partial charge on any atom is 0.247 e. The van der Waals surface area contributed by atoms with Gasteiger partial charge in [-0.1, -0.05) is 41.4 Å². The lowest BCUT2D eigenvalue weighted by Crippen LogP contribution is -2.25. The fourth-order valence-electron chi connectivity index (χ4n) is 3.79. The molecular formula is C25H22Cl2FN3O3. The molecule has 1 aromatic heterocycles. The van der Waals surface area contributed by atoms with E-state index in [4.69, 9.17) is 32.7 Å². The second kappa shape index (κ2) is 9.91. The molecule has 176 valence electrons. The van der Waals surface area contributed by atoms with Crippen molar-refractivity contribution in [2.45, 2.75) is 19.4 Å². The first-order valence-corrected chi connectivity index (χ1v) is 11.2. The van der Waals surface area contributed by atoms with E-state index in [1.807, 2.05) is 0 Å². The van der Waals surface area contributed by atoms with E-state index < -0.39 is 6.04 Å². The largest absolute Gasteiger partial charge is 0.493 e. The Morgan fingerprint density at radius 1 is 1.06 bits per heavy atom. The Balaban J connectivity index is 1.73. The number of hydrogen-bond acceptors (Lipinski definition) is 4. The molecule has 0 radical (unpaired) electrons. The highest BCUT2D eigenvalue weighted by Crippen LogP contribution is 2.33. The Kier molecular flexibility index (Phi) is 6.95. The molecule has 0 saturated carbocycles. The highest BCUT2D eigenvalue weighted by molar-refractivity contribution is 6.42. The van der Waals surface area contributed by atoms with Crippen LogP contribution in [-0.4, -0.2) is 29.7 Å². The molecule has 4 rings (SSSR count). The molecule has 6 nitrogen and oxygen atoms in total. The van der Waals surface area contributed by atoms with Crippen LogP contribution in [0.2, 0.25) is 10.0 Å². The number of nitrogens with zero attached hydrogens (tertiary/aromatic N) is 2. The first-order valence-electron chi connectivity index (χ1n) is 10.4. The predicted octanol–water partition coefficient (Wildman–Crippen LogP) is 6.29. The number of ether oxygens (including phenoxy) is 2. The summed E-state index contributed by atoms with van der Waals surface area (Å²) in [5.41, 5.74) is 2.18. The summed E-state index contributed by atoms with van der Waals surface area (Å²) in [4.78, 5) is 17.9. The highest BCUT2D eigenvalue weighted by Gasteiger charge is 2.24. The van der Waals surface area contributed by atoms with Crippen LogP contribution in [0.3, 0.4) is 0 Å². The summed E-state index contributed by atoms with van der Waals surface area (Å²) in [6, 6.07) is 14.2. The second-order valence-electron chi connectivity index (χ2n) is 7.66. The zero-order chi connectivity index (χ0) is 24.4. The molecule has 0 aliphatic rings. The number of anilines is 1. The van der Waals surface area contributed by atoms with E-state index in [0.717, 1.165) is 0 Å². The summed E-state index contributed by atoms with van der Waals surface area (Å²) in [6.45, 7) is 1.74. The van der Waals surface area contributed by atoms with Gasteiger partial charge < -0.3 is 19.4 Å². The van der Waals surface area contributed by atoms with Crippen LogP contribution in [0.15, 0.2) is 54.6 Å². The third-order valence-corrected chi connectivity index (χ3v) is 6.25. The van der Waals surface area contributed by atoms with Crippen molar-refractivity contribution in [2.75, 3.05) is 19.5 Å². The van der Waals surface area contributed by atoms with Crippen LogP contribution in [0.5, 0.6) is 11.5 Å². The number of fused-ring (bicyclic) bond motifs is 1. The van der Waals surface area contributed by atoms with Crippen molar-refractivity contribution in [3.05, 3.63) is 81.8 Å². The van der Waals surface area contributed by atoms with Crippen LogP contribution in [0.25, 0.3) is 11.0 Å². The number of benzene rings is 3. The maximum absolute atomic E-state index is 14.4. The van der Waals surface area contributed by atoms with Crippen molar-refractivity contribution in [3.8, 4) is 11.5 Å². The zero-order valence-electron chi connectivity index (χ0n) is 18.7. The molecular weight excluding hydrogens is 480 g/mol. The van der Waals surface area contributed by atoms with E-state index in [2.05, 4.69) is 10.3 Å². The van der Waals surface area contributed by atoms with Gasteiger partial charge in [-0.15, -0.1) is 0 Å². The molecule has 0 bridgehead atoms. The van der Waals surface area contributed by atoms with Crippen LogP contribution in [-0.2, 0) is 11.2 Å². The third-order valence-electron chi connectivity index (χ3n) is 5.53. The standard InChI is InChI=1S/C25H22Cl2FN3O3/c1-14(25(32)29-16-8-9-22(33-2)23(11-16)34-3)31-21-13-18(27)17(26)12-20(21)30-24(31)10-15-6-4-5-7-19(15)28/h4-9,11-14H,10H2,1-3H3,(H,29,32). The van der Waals surface area contributed by atoms with E-state index in [1.54, 1.807) is 60.0 Å². The average Bonchev–Trinajstić information content (AvgIpc) is 3.16. The van der Waals surface area contributed by atoms with Gasteiger partial charge in [-0.2, -0.15) is 0 Å². The number of halogens is 3. The molecule has 9 heteroatoms.